The molecule has 0 atom stereocenters. The smallest absolute Gasteiger partial charge is 0.153 e. The number of nitrogens with zero attached hydrogens (tertiary/aromatic N) is 3. The molecule has 1 aromatic carbocycles. The van der Waals surface area contributed by atoms with Crippen molar-refractivity contribution in [3.63, 3.8) is 0 Å². The van der Waals surface area contributed by atoms with Gasteiger partial charge in [-0.05, 0) is 19.1 Å². The highest BCUT2D eigenvalue weighted by Crippen LogP contribution is 2.36. The Morgan fingerprint density at radius 1 is 1.21 bits per heavy atom. The molecule has 7 heteroatoms. The second-order valence-electron chi connectivity index (χ2n) is 5.09. The number of aromatic nitrogens is 3. The zero-order chi connectivity index (χ0) is 17.1. The first-order valence-corrected chi connectivity index (χ1v) is 7.53. The number of benzene rings is 1. The van der Waals surface area contributed by atoms with Crippen LogP contribution in [-0.4, -0.2) is 22.3 Å². The second kappa shape index (κ2) is 6.60. The quantitative estimate of drug-likeness (QED) is 0.700. The number of aryl methyl sites for hydroxylation is 1. The van der Waals surface area contributed by atoms with Gasteiger partial charge >= 0.3 is 0 Å². The molecule has 3 aromatic rings. The van der Waals surface area contributed by atoms with Gasteiger partial charge in [0.1, 0.15) is 22.8 Å². The predicted molar refractivity (Wildman–Crippen MR) is 92.6 cm³/mol. The number of H-pyrrole nitrogens is 1. The standard InChI is InChI=1S/C17H14ClN5O/c1-10-7-16(23-22-10)20-15-8-12(13(9-19)17(18)21-15)11-5-3-4-6-14(11)24-2/h3-8H,1-2H3,(H2,20,21,22,23). The number of rotatable bonds is 4. The molecule has 0 unspecified atom stereocenters. The number of halogens is 1. The van der Waals surface area contributed by atoms with Crippen molar-refractivity contribution in [2.24, 2.45) is 0 Å². The SMILES string of the molecule is COc1ccccc1-c1cc(Nc2cc(C)[nH]n2)nc(Cl)c1C#N. The summed E-state index contributed by atoms with van der Waals surface area (Å²) in [5.74, 6) is 1.76. The molecule has 0 saturated carbocycles. The highest BCUT2D eigenvalue weighted by molar-refractivity contribution is 6.31. The van der Waals surface area contributed by atoms with Crippen LogP contribution in [0.25, 0.3) is 11.1 Å². The monoisotopic (exact) mass is 339 g/mol. The molecule has 6 nitrogen and oxygen atoms in total. The average Bonchev–Trinajstić information content (AvgIpc) is 2.99. The minimum Gasteiger partial charge on any atom is -0.496 e. The van der Waals surface area contributed by atoms with Crippen molar-refractivity contribution in [1.29, 1.82) is 5.26 Å². The van der Waals surface area contributed by atoms with E-state index in [9.17, 15) is 5.26 Å². The molecule has 0 amide bonds. The largest absolute Gasteiger partial charge is 0.496 e. The number of para-hydroxylation sites is 1. The van der Waals surface area contributed by atoms with Crippen molar-refractivity contribution in [3.05, 3.63) is 52.8 Å². The Morgan fingerprint density at radius 2 is 2.00 bits per heavy atom. The molecular weight excluding hydrogens is 326 g/mol. The minimum atomic E-state index is 0.121. The second-order valence-corrected chi connectivity index (χ2v) is 5.45. The Labute approximate surface area is 144 Å². The minimum absolute atomic E-state index is 0.121. The van der Waals surface area contributed by atoms with Gasteiger partial charge in [-0.1, -0.05) is 29.8 Å². The van der Waals surface area contributed by atoms with Crippen LogP contribution in [0, 0.1) is 18.3 Å². The number of nitriles is 1. The van der Waals surface area contributed by atoms with E-state index in [4.69, 9.17) is 16.3 Å². The summed E-state index contributed by atoms with van der Waals surface area (Å²) in [7, 11) is 1.58. The zero-order valence-corrected chi connectivity index (χ0v) is 13.8. The van der Waals surface area contributed by atoms with Crippen molar-refractivity contribution in [2.45, 2.75) is 6.92 Å². The molecule has 0 aliphatic carbocycles. The van der Waals surface area contributed by atoms with E-state index in [1.54, 1.807) is 13.2 Å². The molecule has 2 heterocycles. The van der Waals surface area contributed by atoms with E-state index >= 15 is 0 Å². The summed E-state index contributed by atoms with van der Waals surface area (Å²) in [4.78, 5) is 4.23. The van der Waals surface area contributed by atoms with Crippen LogP contribution in [0.5, 0.6) is 5.75 Å². The van der Waals surface area contributed by atoms with Gasteiger partial charge in [-0.25, -0.2) is 4.98 Å². The lowest BCUT2D eigenvalue weighted by molar-refractivity contribution is 0.416. The number of hydrogen-bond donors (Lipinski definition) is 2. The number of aromatic amines is 1. The summed E-state index contributed by atoms with van der Waals surface area (Å²) in [6.07, 6.45) is 0. The van der Waals surface area contributed by atoms with Gasteiger partial charge < -0.3 is 10.1 Å². The van der Waals surface area contributed by atoms with Crippen molar-refractivity contribution < 1.29 is 4.74 Å². The van der Waals surface area contributed by atoms with Crippen molar-refractivity contribution >= 4 is 23.2 Å². The molecule has 0 radical (unpaired) electrons. The normalized spacial score (nSPS) is 10.2. The average molecular weight is 340 g/mol. The van der Waals surface area contributed by atoms with Crippen LogP contribution < -0.4 is 10.1 Å². The molecule has 2 aromatic heterocycles. The van der Waals surface area contributed by atoms with Gasteiger partial charge in [-0.3, -0.25) is 5.10 Å². The Hall–Kier alpha value is -3.04. The van der Waals surface area contributed by atoms with Gasteiger partial charge in [0.15, 0.2) is 5.82 Å². The summed E-state index contributed by atoms with van der Waals surface area (Å²) in [6, 6.07) is 13.1. The van der Waals surface area contributed by atoms with Crippen LogP contribution in [0.1, 0.15) is 11.3 Å². The molecule has 2 N–H and O–H groups in total. The number of pyridine rings is 1. The van der Waals surface area contributed by atoms with Gasteiger partial charge in [0.2, 0.25) is 0 Å². The van der Waals surface area contributed by atoms with Gasteiger partial charge in [-0.2, -0.15) is 10.4 Å². The van der Waals surface area contributed by atoms with Crippen molar-refractivity contribution in [2.75, 3.05) is 12.4 Å². The molecule has 0 aliphatic heterocycles. The first-order chi connectivity index (χ1) is 11.6. The summed E-state index contributed by atoms with van der Waals surface area (Å²) >= 11 is 6.21. The number of anilines is 2. The van der Waals surface area contributed by atoms with Crippen LogP contribution in [0.15, 0.2) is 36.4 Å². The summed E-state index contributed by atoms with van der Waals surface area (Å²) in [5.41, 5.74) is 2.62. The maximum Gasteiger partial charge on any atom is 0.153 e. The number of nitrogens with one attached hydrogen (secondary N) is 2. The highest BCUT2D eigenvalue weighted by atomic mass is 35.5. The van der Waals surface area contributed by atoms with Crippen LogP contribution in [0.4, 0.5) is 11.6 Å². The predicted octanol–water partition coefficient (Wildman–Crippen LogP) is 4.06. The Bertz CT molecular complexity index is 929. The lowest BCUT2D eigenvalue weighted by Crippen LogP contribution is -1.99. The molecule has 3 rings (SSSR count). The fourth-order valence-electron chi connectivity index (χ4n) is 2.38. The number of ether oxygens (including phenoxy) is 1. The Balaban J connectivity index is 2.12. The summed E-state index contributed by atoms with van der Waals surface area (Å²) in [5, 5.41) is 19.6. The highest BCUT2D eigenvalue weighted by Gasteiger charge is 2.16. The summed E-state index contributed by atoms with van der Waals surface area (Å²) < 4.78 is 5.39. The van der Waals surface area contributed by atoms with Gasteiger partial charge in [0.05, 0.1) is 12.7 Å². The lowest BCUT2D eigenvalue weighted by Gasteiger charge is -2.12. The van der Waals surface area contributed by atoms with Crippen LogP contribution in [0.3, 0.4) is 0 Å². The first-order valence-electron chi connectivity index (χ1n) is 7.15. The molecule has 0 saturated heterocycles. The number of methoxy groups -OCH3 is 1. The molecule has 0 spiro atoms. The van der Waals surface area contributed by atoms with Gasteiger partial charge in [0.25, 0.3) is 0 Å². The van der Waals surface area contributed by atoms with Crippen LogP contribution in [-0.2, 0) is 0 Å². The molecule has 0 bridgehead atoms. The Kier molecular flexibility index (Phi) is 4.36. The first kappa shape index (κ1) is 15.8. The van der Waals surface area contributed by atoms with E-state index in [2.05, 4.69) is 26.6 Å². The number of hydrogen-bond acceptors (Lipinski definition) is 5. The molecule has 120 valence electrons. The van der Waals surface area contributed by atoms with Crippen molar-refractivity contribution in [1.82, 2.24) is 15.2 Å². The third-order valence-electron chi connectivity index (χ3n) is 3.45. The fraction of sp³-hybridized carbons (Fsp3) is 0.118. The van der Waals surface area contributed by atoms with E-state index in [1.807, 2.05) is 37.3 Å². The third-order valence-corrected chi connectivity index (χ3v) is 3.72. The summed E-state index contributed by atoms with van der Waals surface area (Å²) in [6.45, 7) is 1.90. The maximum absolute atomic E-state index is 9.46. The van der Waals surface area contributed by atoms with E-state index in [0.717, 1.165) is 11.3 Å². The molecule has 0 aliphatic rings. The van der Waals surface area contributed by atoms with Crippen LogP contribution >= 0.6 is 11.6 Å². The van der Waals surface area contributed by atoms with Crippen LogP contribution in [0.2, 0.25) is 5.15 Å². The van der Waals surface area contributed by atoms with E-state index in [-0.39, 0.29) is 5.15 Å². The fourth-order valence-corrected chi connectivity index (χ4v) is 2.61. The van der Waals surface area contributed by atoms with Gasteiger partial charge in [-0.15, -0.1) is 0 Å². The molecular formula is C17H14ClN5O. The van der Waals surface area contributed by atoms with Crippen molar-refractivity contribution in [3.8, 4) is 22.9 Å². The van der Waals surface area contributed by atoms with E-state index in [1.165, 1.54) is 0 Å². The molecule has 0 fully saturated rings. The topological polar surface area (TPSA) is 86.6 Å². The third kappa shape index (κ3) is 3.03. The Morgan fingerprint density at radius 3 is 2.67 bits per heavy atom. The zero-order valence-electron chi connectivity index (χ0n) is 13.1. The maximum atomic E-state index is 9.46. The lowest BCUT2D eigenvalue weighted by atomic mass is 10.0. The molecule has 24 heavy (non-hydrogen) atoms. The van der Waals surface area contributed by atoms with E-state index in [0.29, 0.717) is 28.5 Å². The van der Waals surface area contributed by atoms with E-state index < -0.39 is 0 Å². The van der Waals surface area contributed by atoms with Gasteiger partial charge in [0, 0.05) is 22.9 Å².